The van der Waals surface area contributed by atoms with E-state index in [1.807, 2.05) is 4.72 Å². The molecule has 1 heterocycles. The van der Waals surface area contributed by atoms with Gasteiger partial charge in [-0.05, 0) is 30.3 Å². The molecule has 134 valence electrons. The van der Waals surface area contributed by atoms with Gasteiger partial charge < -0.3 is 5.32 Å². The van der Waals surface area contributed by atoms with Crippen LogP contribution in [0.5, 0.6) is 0 Å². The fraction of sp³-hybridized carbons (Fsp3) is 0.143. The Morgan fingerprint density at radius 2 is 1.76 bits per heavy atom. The highest BCUT2D eigenvalue weighted by Gasteiger charge is 2.32. The van der Waals surface area contributed by atoms with Gasteiger partial charge in [-0.15, -0.1) is 0 Å². The number of sulfonamides is 1. The summed E-state index contributed by atoms with van der Waals surface area (Å²) in [6.45, 7) is 0. The van der Waals surface area contributed by atoms with Crippen molar-refractivity contribution in [1.29, 1.82) is 0 Å². The van der Waals surface area contributed by atoms with E-state index in [-0.39, 0.29) is 5.56 Å². The Kier molecular flexibility index (Phi) is 4.97. The van der Waals surface area contributed by atoms with Crippen LogP contribution < -0.4 is 10.0 Å². The topological polar surface area (TPSA) is 88.2 Å². The first-order chi connectivity index (χ1) is 11.5. The molecule has 25 heavy (non-hydrogen) atoms. The van der Waals surface area contributed by atoms with E-state index < -0.39 is 45.0 Å². The van der Waals surface area contributed by atoms with Gasteiger partial charge in [0, 0.05) is 11.8 Å². The number of carbonyl (C=O) groups is 1. The maximum atomic E-state index is 12.9. The Balaban J connectivity index is 2.41. The molecule has 0 aliphatic rings. The summed E-state index contributed by atoms with van der Waals surface area (Å²) in [5.74, 6) is -1.94. The van der Waals surface area contributed by atoms with Gasteiger partial charge in [0.05, 0.1) is 17.5 Å². The molecule has 1 aromatic heterocycles. The van der Waals surface area contributed by atoms with Crippen molar-refractivity contribution in [2.75, 3.05) is 16.3 Å². The third-order valence-corrected chi connectivity index (χ3v) is 3.42. The highest BCUT2D eigenvalue weighted by molar-refractivity contribution is 7.92. The van der Waals surface area contributed by atoms with E-state index in [2.05, 4.69) is 10.3 Å². The van der Waals surface area contributed by atoms with Crippen LogP contribution in [0.1, 0.15) is 15.9 Å². The predicted octanol–water partition coefficient (Wildman–Crippen LogP) is 2.86. The van der Waals surface area contributed by atoms with Crippen LogP contribution in [0.3, 0.4) is 0 Å². The third kappa shape index (κ3) is 5.14. The number of alkyl halides is 3. The monoisotopic (exact) mass is 377 g/mol. The molecule has 0 aliphatic carbocycles. The third-order valence-electron chi connectivity index (χ3n) is 2.85. The number of amides is 1. The molecule has 0 unspecified atom stereocenters. The number of carbonyl (C=O) groups excluding carboxylic acids is 1. The van der Waals surface area contributed by atoms with Crippen LogP contribution >= 0.6 is 0 Å². The molecular weight excluding hydrogens is 366 g/mol. The molecule has 1 aromatic carbocycles. The molecular formula is C14H11F4N3O3S. The molecule has 0 saturated heterocycles. The molecule has 6 nitrogen and oxygen atoms in total. The number of rotatable bonds is 4. The van der Waals surface area contributed by atoms with Crippen molar-refractivity contribution in [3.05, 3.63) is 53.5 Å². The molecule has 0 atom stereocenters. The molecule has 2 aromatic rings. The zero-order chi connectivity index (χ0) is 18.8. The number of pyridine rings is 1. The molecule has 1 amide bonds. The van der Waals surface area contributed by atoms with Crippen LogP contribution in [0, 0.1) is 5.82 Å². The van der Waals surface area contributed by atoms with Crippen LogP contribution in [-0.4, -0.2) is 25.6 Å². The number of nitrogens with one attached hydrogen (secondary N) is 2. The summed E-state index contributed by atoms with van der Waals surface area (Å²) in [5, 5.41) is 2.13. The van der Waals surface area contributed by atoms with Gasteiger partial charge in [0.15, 0.2) is 5.82 Å². The van der Waals surface area contributed by atoms with E-state index in [0.717, 1.165) is 30.5 Å². The highest BCUT2D eigenvalue weighted by Crippen LogP contribution is 2.33. The second kappa shape index (κ2) is 6.67. The van der Waals surface area contributed by atoms with Crippen molar-refractivity contribution >= 4 is 27.4 Å². The number of hydrogen-bond donors (Lipinski definition) is 2. The van der Waals surface area contributed by atoms with E-state index in [1.165, 1.54) is 0 Å². The van der Waals surface area contributed by atoms with Crippen molar-refractivity contribution < 1.29 is 30.8 Å². The number of anilines is 2. The summed E-state index contributed by atoms with van der Waals surface area (Å²) in [6.07, 6.45) is -3.54. The van der Waals surface area contributed by atoms with Crippen molar-refractivity contribution in [2.45, 2.75) is 6.18 Å². The lowest BCUT2D eigenvalue weighted by molar-refractivity contribution is -0.137. The summed E-state index contributed by atoms with van der Waals surface area (Å²) in [6, 6.07) is 4.77. The summed E-state index contributed by atoms with van der Waals surface area (Å²) in [5.41, 5.74) is -1.71. The molecule has 0 fully saturated rings. The SMILES string of the molecule is CS(=O)(=O)Nc1ncc(C(F)(F)F)cc1NC(=O)c1ccc(F)cc1. The van der Waals surface area contributed by atoms with Crippen LogP contribution in [0.2, 0.25) is 0 Å². The minimum Gasteiger partial charge on any atom is -0.319 e. The molecule has 11 heteroatoms. The van der Waals surface area contributed by atoms with Gasteiger partial charge in [-0.25, -0.2) is 17.8 Å². The van der Waals surface area contributed by atoms with E-state index in [4.69, 9.17) is 0 Å². The molecule has 0 aliphatic heterocycles. The summed E-state index contributed by atoms with van der Waals surface area (Å²) < 4.78 is 75.8. The van der Waals surface area contributed by atoms with Gasteiger partial charge in [-0.2, -0.15) is 13.2 Å². The minimum absolute atomic E-state index is 0.0379. The lowest BCUT2D eigenvalue weighted by Crippen LogP contribution is -2.18. The van der Waals surface area contributed by atoms with Crippen molar-refractivity contribution in [3.63, 3.8) is 0 Å². The quantitative estimate of drug-likeness (QED) is 0.802. The normalized spacial score (nSPS) is 11.9. The van der Waals surface area contributed by atoms with Crippen molar-refractivity contribution in [2.24, 2.45) is 0 Å². The first kappa shape index (κ1) is 18.6. The lowest BCUT2D eigenvalue weighted by atomic mass is 10.2. The Morgan fingerprint density at radius 3 is 2.28 bits per heavy atom. The van der Waals surface area contributed by atoms with E-state index >= 15 is 0 Å². The van der Waals surface area contributed by atoms with Gasteiger partial charge in [-0.1, -0.05) is 0 Å². The Bertz CT molecular complexity index is 897. The number of hydrogen-bond acceptors (Lipinski definition) is 4. The second-order valence-electron chi connectivity index (χ2n) is 4.95. The van der Waals surface area contributed by atoms with Gasteiger partial charge in [0.1, 0.15) is 5.82 Å². The van der Waals surface area contributed by atoms with E-state index in [1.54, 1.807) is 0 Å². The first-order valence-corrected chi connectivity index (χ1v) is 8.47. The van der Waals surface area contributed by atoms with Gasteiger partial charge in [0.2, 0.25) is 10.0 Å². The summed E-state index contributed by atoms with van der Waals surface area (Å²) in [4.78, 5) is 15.5. The fourth-order valence-electron chi connectivity index (χ4n) is 1.77. The average Bonchev–Trinajstić information content (AvgIpc) is 2.47. The molecule has 0 radical (unpaired) electrons. The standard InChI is InChI=1S/C14H11F4N3O3S/c1-25(23,24)21-12-11(6-9(7-19-12)14(16,17)18)20-13(22)8-2-4-10(15)5-3-8/h2-7H,1H3,(H,19,21)(H,20,22). The molecule has 2 rings (SSSR count). The number of halogens is 4. The highest BCUT2D eigenvalue weighted by atomic mass is 32.2. The summed E-state index contributed by atoms with van der Waals surface area (Å²) >= 11 is 0. The van der Waals surface area contributed by atoms with Gasteiger partial charge in [0.25, 0.3) is 5.91 Å². The maximum absolute atomic E-state index is 12.9. The second-order valence-corrected chi connectivity index (χ2v) is 6.70. The Labute approximate surface area is 139 Å². The number of aromatic nitrogens is 1. The van der Waals surface area contributed by atoms with Crippen molar-refractivity contribution in [1.82, 2.24) is 4.98 Å². The van der Waals surface area contributed by atoms with E-state index in [0.29, 0.717) is 12.3 Å². The minimum atomic E-state index is -4.74. The number of benzene rings is 1. The van der Waals surface area contributed by atoms with Crippen LogP contribution in [0.25, 0.3) is 0 Å². The Hall–Kier alpha value is -2.69. The zero-order valence-corrected chi connectivity index (χ0v) is 13.4. The predicted molar refractivity (Wildman–Crippen MR) is 82.1 cm³/mol. The van der Waals surface area contributed by atoms with Gasteiger partial charge >= 0.3 is 6.18 Å². The largest absolute Gasteiger partial charge is 0.417 e. The lowest BCUT2D eigenvalue weighted by Gasteiger charge is -2.14. The smallest absolute Gasteiger partial charge is 0.319 e. The molecule has 0 saturated carbocycles. The first-order valence-electron chi connectivity index (χ1n) is 6.57. The van der Waals surface area contributed by atoms with Crippen LogP contribution in [0.15, 0.2) is 36.5 Å². The number of nitrogens with zero attached hydrogens (tertiary/aromatic N) is 1. The fourth-order valence-corrected chi connectivity index (χ4v) is 2.28. The molecule has 0 bridgehead atoms. The summed E-state index contributed by atoms with van der Waals surface area (Å²) in [7, 11) is -3.85. The molecule has 0 spiro atoms. The van der Waals surface area contributed by atoms with Crippen LogP contribution in [0.4, 0.5) is 29.1 Å². The van der Waals surface area contributed by atoms with Crippen LogP contribution in [-0.2, 0) is 16.2 Å². The van der Waals surface area contributed by atoms with Crippen molar-refractivity contribution in [3.8, 4) is 0 Å². The van der Waals surface area contributed by atoms with Gasteiger partial charge in [-0.3, -0.25) is 9.52 Å². The Morgan fingerprint density at radius 1 is 1.16 bits per heavy atom. The molecule has 2 N–H and O–H groups in total. The maximum Gasteiger partial charge on any atom is 0.417 e. The zero-order valence-electron chi connectivity index (χ0n) is 12.6. The van der Waals surface area contributed by atoms with E-state index in [9.17, 15) is 30.8 Å². The average molecular weight is 377 g/mol.